The van der Waals surface area contributed by atoms with E-state index in [4.69, 9.17) is 0 Å². The van der Waals surface area contributed by atoms with Gasteiger partial charge in [0.1, 0.15) is 6.04 Å². The highest BCUT2D eigenvalue weighted by Crippen LogP contribution is 2.18. The maximum Gasteiger partial charge on any atom is 0.242 e. The molecule has 0 spiro atoms. The van der Waals surface area contributed by atoms with Gasteiger partial charge in [0.2, 0.25) is 11.8 Å². The first-order valence-electron chi connectivity index (χ1n) is 9.57. The quantitative estimate of drug-likeness (QED) is 0.680. The predicted octanol–water partition coefficient (Wildman–Crippen LogP) is 4.55. The highest BCUT2D eigenvalue weighted by atomic mass is 79.9. The highest BCUT2D eigenvalue weighted by molar-refractivity contribution is 9.10. The lowest BCUT2D eigenvalue weighted by atomic mass is 10.0. The van der Waals surface area contributed by atoms with Crippen LogP contribution in [0.25, 0.3) is 0 Å². The molecule has 0 saturated heterocycles. The molecule has 1 N–H and O–H groups in total. The molecule has 0 aliphatic heterocycles. The number of hydrogen-bond donors (Lipinski definition) is 1. The third-order valence-electron chi connectivity index (χ3n) is 4.69. The molecule has 4 nitrogen and oxygen atoms in total. The second kappa shape index (κ2) is 9.87. The van der Waals surface area contributed by atoms with Crippen molar-refractivity contribution in [1.82, 2.24) is 10.2 Å². The van der Waals surface area contributed by atoms with Crippen LogP contribution < -0.4 is 5.32 Å². The molecule has 5 heteroatoms. The van der Waals surface area contributed by atoms with Gasteiger partial charge in [0.25, 0.3) is 0 Å². The van der Waals surface area contributed by atoms with Gasteiger partial charge >= 0.3 is 0 Å². The van der Waals surface area contributed by atoms with E-state index in [2.05, 4.69) is 21.2 Å². The van der Waals surface area contributed by atoms with E-state index in [1.807, 2.05) is 70.2 Å². The number of amides is 2. The van der Waals surface area contributed by atoms with Crippen LogP contribution in [0.15, 0.2) is 46.9 Å². The molecule has 0 aromatic heterocycles. The summed E-state index contributed by atoms with van der Waals surface area (Å²) in [6.07, 6.45) is 0.279. The Morgan fingerprint density at radius 2 is 1.79 bits per heavy atom. The molecule has 28 heavy (non-hydrogen) atoms. The molecule has 0 heterocycles. The second-order valence-corrected chi connectivity index (χ2v) is 8.51. The maximum absolute atomic E-state index is 13.2. The summed E-state index contributed by atoms with van der Waals surface area (Å²) in [7, 11) is 0. The summed E-state index contributed by atoms with van der Waals surface area (Å²) < 4.78 is 0.950. The number of aryl methyl sites for hydroxylation is 2. The maximum atomic E-state index is 13.2. The molecule has 2 aromatic rings. The summed E-state index contributed by atoms with van der Waals surface area (Å²) in [6.45, 7) is 10.0. The van der Waals surface area contributed by atoms with Crippen LogP contribution in [0.3, 0.4) is 0 Å². The van der Waals surface area contributed by atoms with Crippen LogP contribution in [0.2, 0.25) is 0 Å². The van der Waals surface area contributed by atoms with Gasteiger partial charge < -0.3 is 10.2 Å². The number of rotatable bonds is 7. The lowest BCUT2D eigenvalue weighted by molar-refractivity contribution is -0.140. The van der Waals surface area contributed by atoms with E-state index >= 15 is 0 Å². The molecular formula is C23H29BrN2O2. The van der Waals surface area contributed by atoms with Gasteiger partial charge in [-0.05, 0) is 63.4 Å². The van der Waals surface area contributed by atoms with E-state index < -0.39 is 6.04 Å². The SMILES string of the molecule is Cc1ccc(C)c(CC(=O)N(Cc2cccc(Br)c2)C(C)C(=O)NC(C)C)c1. The predicted molar refractivity (Wildman–Crippen MR) is 117 cm³/mol. The Kier molecular flexibility index (Phi) is 7.81. The molecule has 2 amide bonds. The number of carbonyl (C=O) groups excluding carboxylic acids is 2. The van der Waals surface area contributed by atoms with Gasteiger partial charge in [-0.25, -0.2) is 0 Å². The van der Waals surface area contributed by atoms with Crippen molar-refractivity contribution in [3.63, 3.8) is 0 Å². The average molecular weight is 445 g/mol. The normalized spacial score (nSPS) is 12.0. The molecule has 0 aliphatic carbocycles. The van der Waals surface area contributed by atoms with Gasteiger partial charge in [-0.3, -0.25) is 9.59 Å². The summed E-state index contributed by atoms with van der Waals surface area (Å²) in [5.74, 6) is -0.195. The van der Waals surface area contributed by atoms with Crippen LogP contribution >= 0.6 is 15.9 Å². The van der Waals surface area contributed by atoms with Crippen molar-refractivity contribution in [2.75, 3.05) is 0 Å². The van der Waals surface area contributed by atoms with E-state index in [0.717, 1.165) is 26.7 Å². The number of nitrogens with zero attached hydrogens (tertiary/aromatic N) is 1. The molecule has 2 rings (SSSR count). The molecule has 1 unspecified atom stereocenters. The van der Waals surface area contributed by atoms with E-state index in [0.29, 0.717) is 6.54 Å². The van der Waals surface area contributed by atoms with Crippen molar-refractivity contribution in [2.24, 2.45) is 0 Å². The van der Waals surface area contributed by atoms with E-state index in [-0.39, 0.29) is 24.3 Å². The number of benzene rings is 2. The lowest BCUT2D eigenvalue weighted by Gasteiger charge is -2.29. The molecule has 1 atom stereocenters. The van der Waals surface area contributed by atoms with Gasteiger partial charge in [-0.1, -0.05) is 51.8 Å². The summed E-state index contributed by atoms with van der Waals surface area (Å²) >= 11 is 3.48. The zero-order valence-electron chi connectivity index (χ0n) is 17.3. The minimum absolute atomic E-state index is 0.0248. The molecule has 0 saturated carbocycles. The third kappa shape index (κ3) is 6.20. The van der Waals surface area contributed by atoms with Gasteiger partial charge in [0, 0.05) is 17.1 Å². The minimum atomic E-state index is -0.556. The molecule has 0 bridgehead atoms. The van der Waals surface area contributed by atoms with Crippen molar-refractivity contribution < 1.29 is 9.59 Å². The van der Waals surface area contributed by atoms with Crippen molar-refractivity contribution in [3.05, 3.63) is 69.2 Å². The number of halogens is 1. The lowest BCUT2D eigenvalue weighted by Crippen LogP contribution is -2.49. The van der Waals surface area contributed by atoms with E-state index in [1.54, 1.807) is 11.8 Å². The van der Waals surface area contributed by atoms with Crippen molar-refractivity contribution in [3.8, 4) is 0 Å². The van der Waals surface area contributed by atoms with Crippen LogP contribution in [0.5, 0.6) is 0 Å². The highest BCUT2D eigenvalue weighted by Gasteiger charge is 2.26. The van der Waals surface area contributed by atoms with Crippen LogP contribution in [0.1, 0.15) is 43.0 Å². The van der Waals surface area contributed by atoms with E-state index in [9.17, 15) is 9.59 Å². The van der Waals surface area contributed by atoms with Gasteiger partial charge in [-0.15, -0.1) is 0 Å². The average Bonchev–Trinajstić information content (AvgIpc) is 2.61. The monoisotopic (exact) mass is 444 g/mol. The Bertz CT molecular complexity index is 848. The Balaban J connectivity index is 2.29. The fourth-order valence-electron chi connectivity index (χ4n) is 3.07. The van der Waals surface area contributed by atoms with Crippen molar-refractivity contribution >= 4 is 27.7 Å². The van der Waals surface area contributed by atoms with Crippen molar-refractivity contribution in [2.45, 2.75) is 59.7 Å². The summed E-state index contributed by atoms with van der Waals surface area (Å²) in [5.41, 5.74) is 4.19. The van der Waals surface area contributed by atoms with Crippen LogP contribution in [0.4, 0.5) is 0 Å². The zero-order chi connectivity index (χ0) is 20.8. The number of nitrogens with one attached hydrogen (secondary N) is 1. The standard InChI is InChI=1S/C23H29BrN2O2/c1-15(2)25-23(28)18(5)26(14-19-7-6-8-21(24)12-19)22(27)13-20-11-16(3)9-10-17(20)4/h6-12,15,18H,13-14H2,1-5H3,(H,25,28). The number of hydrogen-bond acceptors (Lipinski definition) is 2. The number of carbonyl (C=O) groups is 2. The largest absolute Gasteiger partial charge is 0.352 e. The van der Waals surface area contributed by atoms with Crippen LogP contribution in [0, 0.1) is 13.8 Å². The van der Waals surface area contributed by atoms with Crippen molar-refractivity contribution in [1.29, 1.82) is 0 Å². The van der Waals surface area contributed by atoms with Crippen LogP contribution in [-0.4, -0.2) is 28.8 Å². The Hall–Kier alpha value is -2.14. The van der Waals surface area contributed by atoms with Crippen LogP contribution in [-0.2, 0) is 22.6 Å². The van der Waals surface area contributed by atoms with Gasteiger partial charge in [-0.2, -0.15) is 0 Å². The molecule has 0 fully saturated rings. The third-order valence-corrected chi connectivity index (χ3v) is 5.18. The van der Waals surface area contributed by atoms with Gasteiger partial charge in [0.15, 0.2) is 0 Å². The molecule has 2 aromatic carbocycles. The van der Waals surface area contributed by atoms with Gasteiger partial charge in [0.05, 0.1) is 6.42 Å². The Morgan fingerprint density at radius 3 is 2.43 bits per heavy atom. The topological polar surface area (TPSA) is 49.4 Å². The Labute approximate surface area is 176 Å². The molecule has 0 radical (unpaired) electrons. The summed E-state index contributed by atoms with van der Waals surface area (Å²) in [5, 5.41) is 2.92. The zero-order valence-corrected chi connectivity index (χ0v) is 18.8. The molecule has 150 valence electrons. The molecular weight excluding hydrogens is 416 g/mol. The minimum Gasteiger partial charge on any atom is -0.352 e. The first-order valence-corrected chi connectivity index (χ1v) is 10.4. The fourth-order valence-corrected chi connectivity index (χ4v) is 3.52. The summed E-state index contributed by atoms with van der Waals surface area (Å²) in [6, 6.07) is 13.4. The first kappa shape index (κ1) is 22.2. The smallest absolute Gasteiger partial charge is 0.242 e. The summed E-state index contributed by atoms with van der Waals surface area (Å²) in [4.78, 5) is 27.5. The first-order chi connectivity index (χ1) is 13.2. The van der Waals surface area contributed by atoms with E-state index in [1.165, 1.54) is 0 Å². The second-order valence-electron chi connectivity index (χ2n) is 7.60. The Morgan fingerprint density at radius 1 is 1.07 bits per heavy atom. The molecule has 0 aliphatic rings. The fraction of sp³-hybridized carbons (Fsp3) is 0.391.